The van der Waals surface area contributed by atoms with Crippen molar-refractivity contribution in [1.82, 2.24) is 19.6 Å². The van der Waals surface area contributed by atoms with Gasteiger partial charge in [-0.15, -0.1) is 0 Å². The van der Waals surface area contributed by atoms with Gasteiger partial charge in [-0.1, -0.05) is 0 Å². The zero-order valence-corrected chi connectivity index (χ0v) is 14.3. The van der Waals surface area contributed by atoms with E-state index in [0.717, 1.165) is 19.6 Å². The molecule has 1 rings (SSSR count). The van der Waals surface area contributed by atoms with Crippen molar-refractivity contribution in [2.75, 3.05) is 79.2 Å². The molecule has 2 N–H and O–H groups in total. The maximum atomic E-state index is 11.4. The third-order valence-electron chi connectivity index (χ3n) is 4.07. The minimum Gasteiger partial charge on any atom is -0.480 e. The molecule has 0 radical (unpaired) electrons. The summed E-state index contributed by atoms with van der Waals surface area (Å²) in [6, 6.07) is 0. The molecule has 1 aliphatic heterocycles. The van der Waals surface area contributed by atoms with Crippen LogP contribution < -0.4 is 0 Å². The lowest BCUT2D eigenvalue weighted by Gasteiger charge is -2.31. The van der Waals surface area contributed by atoms with E-state index in [9.17, 15) is 14.7 Å². The average Bonchev–Trinajstić information content (AvgIpc) is 2.47. The summed E-state index contributed by atoms with van der Waals surface area (Å²) in [6.07, 6.45) is 0. The van der Waals surface area contributed by atoms with Crippen LogP contribution in [0.2, 0.25) is 0 Å². The monoisotopic (exact) mass is 330 g/mol. The second-order valence-corrected chi connectivity index (χ2v) is 6.21. The summed E-state index contributed by atoms with van der Waals surface area (Å²) in [7, 11) is 2.00. The van der Waals surface area contributed by atoms with E-state index in [1.54, 1.807) is 6.92 Å². The number of carbonyl (C=O) groups is 2. The van der Waals surface area contributed by atoms with Crippen molar-refractivity contribution in [2.24, 2.45) is 0 Å². The van der Waals surface area contributed by atoms with E-state index < -0.39 is 5.97 Å². The molecule has 0 spiro atoms. The molecule has 1 saturated heterocycles. The first kappa shape index (κ1) is 20.0. The summed E-state index contributed by atoms with van der Waals surface area (Å²) in [5.41, 5.74) is 0. The topological polar surface area (TPSA) is 87.6 Å². The number of Topliss-reactive ketones (excluding diaryl/α,β-unsaturated/α-hetero) is 1. The summed E-state index contributed by atoms with van der Waals surface area (Å²) in [5.74, 6) is -0.735. The number of hydrogen-bond acceptors (Lipinski definition) is 7. The van der Waals surface area contributed by atoms with Gasteiger partial charge in [0.2, 0.25) is 0 Å². The normalized spacial score (nSPS) is 21.5. The van der Waals surface area contributed by atoms with Crippen LogP contribution in [0.25, 0.3) is 0 Å². The van der Waals surface area contributed by atoms with E-state index in [1.807, 2.05) is 21.7 Å². The molecule has 0 aromatic heterocycles. The Bertz CT molecular complexity index is 380. The third-order valence-corrected chi connectivity index (χ3v) is 4.07. The minimum atomic E-state index is -0.829. The van der Waals surface area contributed by atoms with Crippen molar-refractivity contribution < 1.29 is 19.8 Å². The van der Waals surface area contributed by atoms with E-state index >= 15 is 0 Å². The highest BCUT2D eigenvalue weighted by molar-refractivity contribution is 5.77. The van der Waals surface area contributed by atoms with Crippen molar-refractivity contribution in [2.45, 2.75) is 6.92 Å². The molecule has 0 amide bonds. The Kier molecular flexibility index (Phi) is 9.27. The number of nitrogens with zero attached hydrogens (tertiary/aromatic N) is 4. The molecular formula is C15H30N4O4. The summed E-state index contributed by atoms with van der Waals surface area (Å²) < 4.78 is 0. The lowest BCUT2D eigenvalue weighted by molar-refractivity contribution is -0.138. The van der Waals surface area contributed by atoms with Crippen LogP contribution in [0.3, 0.4) is 0 Å². The second-order valence-electron chi connectivity index (χ2n) is 6.21. The summed E-state index contributed by atoms with van der Waals surface area (Å²) in [4.78, 5) is 30.5. The van der Waals surface area contributed by atoms with Crippen molar-refractivity contribution in [3.8, 4) is 0 Å². The van der Waals surface area contributed by atoms with Crippen LogP contribution in [0.4, 0.5) is 0 Å². The first-order chi connectivity index (χ1) is 10.9. The first-order valence-electron chi connectivity index (χ1n) is 8.08. The highest BCUT2D eigenvalue weighted by atomic mass is 16.4. The van der Waals surface area contributed by atoms with Gasteiger partial charge in [-0.05, 0) is 14.0 Å². The van der Waals surface area contributed by atoms with Gasteiger partial charge >= 0.3 is 5.97 Å². The number of rotatable bonds is 5. The predicted molar refractivity (Wildman–Crippen MR) is 87.4 cm³/mol. The van der Waals surface area contributed by atoms with E-state index in [1.165, 1.54) is 0 Å². The molecule has 0 bridgehead atoms. The molecule has 0 atom stereocenters. The maximum absolute atomic E-state index is 11.4. The van der Waals surface area contributed by atoms with Gasteiger partial charge in [0, 0.05) is 52.4 Å². The number of carbonyl (C=O) groups excluding carboxylic acids is 1. The molecule has 0 aromatic rings. The molecule has 1 fully saturated rings. The summed E-state index contributed by atoms with van der Waals surface area (Å²) in [5, 5.41) is 18.5. The summed E-state index contributed by atoms with van der Waals surface area (Å²) in [6.45, 7) is 7.61. The Morgan fingerprint density at radius 2 is 1.26 bits per heavy atom. The van der Waals surface area contributed by atoms with E-state index in [0.29, 0.717) is 39.3 Å². The molecule has 1 heterocycles. The first-order valence-corrected chi connectivity index (χ1v) is 8.08. The Morgan fingerprint density at radius 3 is 1.74 bits per heavy atom. The van der Waals surface area contributed by atoms with Crippen LogP contribution in [0.1, 0.15) is 6.92 Å². The molecule has 8 heteroatoms. The number of likely N-dealkylation sites (N-methyl/N-ethyl adjacent to an activating group) is 1. The Balaban J connectivity index is 2.70. The van der Waals surface area contributed by atoms with Crippen molar-refractivity contribution in [1.29, 1.82) is 0 Å². The second kappa shape index (κ2) is 10.7. The van der Waals surface area contributed by atoms with Gasteiger partial charge in [0.25, 0.3) is 0 Å². The molecule has 134 valence electrons. The number of ketones is 1. The fourth-order valence-electron chi connectivity index (χ4n) is 2.60. The standard InChI is InChI=1S/C15H30N4O4/c1-14(21)11-17-7-8-18(12-15(22)23)5-3-16(2)4-6-19(13-20)10-9-17/h20H,3-13H2,1-2H3,(H,22,23). The quantitative estimate of drug-likeness (QED) is 0.627. The smallest absolute Gasteiger partial charge is 0.317 e. The zero-order chi connectivity index (χ0) is 17.2. The number of aliphatic hydroxyl groups excluding tert-OH is 1. The van der Waals surface area contributed by atoms with Crippen molar-refractivity contribution in [3.05, 3.63) is 0 Å². The molecule has 23 heavy (non-hydrogen) atoms. The molecule has 0 aliphatic carbocycles. The van der Waals surface area contributed by atoms with Gasteiger partial charge in [0.15, 0.2) is 0 Å². The zero-order valence-electron chi connectivity index (χ0n) is 14.3. The number of hydrogen-bond donors (Lipinski definition) is 2. The molecular weight excluding hydrogens is 300 g/mol. The summed E-state index contributed by atoms with van der Waals surface area (Å²) >= 11 is 0. The third kappa shape index (κ3) is 8.97. The van der Waals surface area contributed by atoms with Gasteiger partial charge in [0.05, 0.1) is 19.8 Å². The minimum absolute atomic E-state index is 0.00684. The highest BCUT2D eigenvalue weighted by Gasteiger charge is 2.16. The van der Waals surface area contributed by atoms with Gasteiger partial charge in [0.1, 0.15) is 5.78 Å². The van der Waals surface area contributed by atoms with Crippen molar-refractivity contribution >= 4 is 11.8 Å². The van der Waals surface area contributed by atoms with Gasteiger partial charge < -0.3 is 15.1 Å². The molecule has 8 nitrogen and oxygen atoms in total. The number of carboxylic acid groups (broad SMARTS) is 1. The van der Waals surface area contributed by atoms with Crippen molar-refractivity contribution in [3.63, 3.8) is 0 Å². The lowest BCUT2D eigenvalue weighted by Crippen LogP contribution is -2.47. The highest BCUT2D eigenvalue weighted by Crippen LogP contribution is 1.99. The van der Waals surface area contributed by atoms with Crippen LogP contribution in [0.5, 0.6) is 0 Å². The molecule has 0 unspecified atom stereocenters. The number of aliphatic hydroxyl groups is 1. The largest absolute Gasteiger partial charge is 0.480 e. The molecule has 1 aliphatic rings. The molecule has 0 aromatic carbocycles. The van der Waals surface area contributed by atoms with Crippen LogP contribution in [0, 0.1) is 0 Å². The predicted octanol–water partition coefficient (Wildman–Crippen LogP) is -1.54. The Morgan fingerprint density at radius 1 is 0.826 bits per heavy atom. The van der Waals surface area contributed by atoms with Gasteiger partial charge in [-0.2, -0.15) is 0 Å². The lowest BCUT2D eigenvalue weighted by atomic mass is 10.3. The fraction of sp³-hybridized carbons (Fsp3) is 0.867. The van der Waals surface area contributed by atoms with E-state index in [4.69, 9.17) is 5.11 Å². The Hall–Kier alpha value is -1.06. The van der Waals surface area contributed by atoms with Crippen LogP contribution >= 0.6 is 0 Å². The Labute approximate surface area is 138 Å². The van der Waals surface area contributed by atoms with Gasteiger partial charge in [-0.3, -0.25) is 24.3 Å². The SMILES string of the molecule is CC(=O)CN1CCN(CO)CCN(C)CCN(CC(=O)O)CC1. The fourth-order valence-corrected chi connectivity index (χ4v) is 2.60. The van der Waals surface area contributed by atoms with Crippen LogP contribution in [-0.4, -0.2) is 121 Å². The van der Waals surface area contributed by atoms with Crippen LogP contribution in [-0.2, 0) is 9.59 Å². The maximum Gasteiger partial charge on any atom is 0.317 e. The average molecular weight is 330 g/mol. The van der Waals surface area contributed by atoms with E-state index in [2.05, 4.69) is 4.90 Å². The number of carboxylic acids is 1. The van der Waals surface area contributed by atoms with E-state index in [-0.39, 0.29) is 19.1 Å². The number of aliphatic carboxylic acids is 1. The van der Waals surface area contributed by atoms with Gasteiger partial charge in [-0.25, -0.2) is 0 Å². The van der Waals surface area contributed by atoms with Crippen LogP contribution in [0.15, 0.2) is 0 Å². The molecule has 0 saturated carbocycles.